The maximum atomic E-state index is 12.4. The predicted octanol–water partition coefficient (Wildman–Crippen LogP) is 0.963. The van der Waals surface area contributed by atoms with E-state index in [0.29, 0.717) is 11.0 Å². The van der Waals surface area contributed by atoms with E-state index in [1.165, 1.54) is 0 Å². The SMILES string of the molecule is CCOC(=O)/C(=N\O)C(C(=O)OCC)c1nc2ccccc2[nH]c1=O. The molecule has 1 unspecified atom stereocenters. The monoisotopic (exact) mass is 347 g/mol. The van der Waals surface area contributed by atoms with Gasteiger partial charge in [-0.1, -0.05) is 17.3 Å². The molecule has 0 aliphatic rings. The summed E-state index contributed by atoms with van der Waals surface area (Å²) in [6.45, 7) is 3.11. The van der Waals surface area contributed by atoms with Crippen molar-refractivity contribution in [1.29, 1.82) is 0 Å². The van der Waals surface area contributed by atoms with Crippen molar-refractivity contribution in [2.24, 2.45) is 5.16 Å². The summed E-state index contributed by atoms with van der Waals surface area (Å²) in [6, 6.07) is 6.67. The van der Waals surface area contributed by atoms with Gasteiger partial charge in [-0.05, 0) is 26.0 Å². The van der Waals surface area contributed by atoms with Gasteiger partial charge in [0, 0.05) is 0 Å². The van der Waals surface area contributed by atoms with Crippen molar-refractivity contribution < 1.29 is 24.3 Å². The van der Waals surface area contributed by atoms with Crippen LogP contribution in [-0.4, -0.2) is 46.0 Å². The number of nitrogens with one attached hydrogen (secondary N) is 1. The van der Waals surface area contributed by atoms with Crippen molar-refractivity contribution in [2.75, 3.05) is 13.2 Å². The molecule has 0 amide bonds. The highest BCUT2D eigenvalue weighted by Crippen LogP contribution is 2.18. The van der Waals surface area contributed by atoms with Crippen LogP contribution in [0.2, 0.25) is 0 Å². The number of oxime groups is 1. The minimum absolute atomic E-state index is 0.00233. The van der Waals surface area contributed by atoms with Crippen LogP contribution < -0.4 is 5.56 Å². The summed E-state index contributed by atoms with van der Waals surface area (Å²) in [5.41, 5.74) is -0.848. The lowest BCUT2D eigenvalue weighted by Crippen LogP contribution is -2.36. The number of ether oxygens (including phenoxy) is 2. The highest BCUT2D eigenvalue weighted by atomic mass is 16.5. The lowest BCUT2D eigenvalue weighted by atomic mass is 9.99. The lowest BCUT2D eigenvalue weighted by Gasteiger charge is -2.15. The quantitative estimate of drug-likeness (QED) is 0.344. The smallest absolute Gasteiger partial charge is 0.357 e. The molecule has 0 bridgehead atoms. The Bertz CT molecular complexity index is 874. The van der Waals surface area contributed by atoms with Gasteiger partial charge in [0.15, 0.2) is 11.6 Å². The van der Waals surface area contributed by atoms with E-state index >= 15 is 0 Å². The van der Waals surface area contributed by atoms with E-state index in [1.54, 1.807) is 38.1 Å². The van der Waals surface area contributed by atoms with Gasteiger partial charge in [0.1, 0.15) is 5.69 Å². The van der Waals surface area contributed by atoms with Crippen LogP contribution in [0, 0.1) is 0 Å². The largest absolute Gasteiger partial charge is 0.465 e. The second-order valence-corrected chi connectivity index (χ2v) is 4.86. The molecule has 0 saturated carbocycles. The molecule has 0 saturated heterocycles. The number of benzene rings is 1. The number of H-pyrrole nitrogens is 1. The third-order valence-corrected chi connectivity index (χ3v) is 3.29. The van der Waals surface area contributed by atoms with Gasteiger partial charge in [-0.3, -0.25) is 9.59 Å². The average molecular weight is 347 g/mol. The van der Waals surface area contributed by atoms with E-state index in [-0.39, 0.29) is 18.9 Å². The Kier molecular flexibility index (Phi) is 5.83. The molecule has 9 nitrogen and oxygen atoms in total. The number of hydrogen-bond donors (Lipinski definition) is 2. The normalized spacial score (nSPS) is 12.6. The highest BCUT2D eigenvalue weighted by molar-refractivity contribution is 6.42. The van der Waals surface area contributed by atoms with Crippen molar-refractivity contribution in [2.45, 2.75) is 19.8 Å². The van der Waals surface area contributed by atoms with Crippen LogP contribution in [0.4, 0.5) is 0 Å². The van der Waals surface area contributed by atoms with E-state index in [9.17, 15) is 19.6 Å². The second-order valence-electron chi connectivity index (χ2n) is 4.86. The van der Waals surface area contributed by atoms with Crippen molar-refractivity contribution >= 4 is 28.7 Å². The number of fused-ring (bicyclic) bond motifs is 1. The van der Waals surface area contributed by atoms with Crippen molar-refractivity contribution in [3.8, 4) is 0 Å². The van der Waals surface area contributed by atoms with Crippen LogP contribution in [-0.2, 0) is 19.1 Å². The first-order chi connectivity index (χ1) is 12.0. The Morgan fingerprint density at radius 2 is 1.92 bits per heavy atom. The molecule has 0 radical (unpaired) electrons. The minimum atomic E-state index is -1.61. The summed E-state index contributed by atoms with van der Waals surface area (Å²) in [5, 5.41) is 12.1. The topological polar surface area (TPSA) is 131 Å². The van der Waals surface area contributed by atoms with E-state index in [2.05, 4.69) is 15.1 Å². The Hall–Kier alpha value is -3.23. The summed E-state index contributed by atoms with van der Waals surface area (Å²) >= 11 is 0. The zero-order chi connectivity index (χ0) is 18.4. The third kappa shape index (κ3) is 3.82. The number of aromatic amines is 1. The first-order valence-corrected chi connectivity index (χ1v) is 7.58. The van der Waals surface area contributed by atoms with Crippen LogP contribution in [0.5, 0.6) is 0 Å². The zero-order valence-electron chi connectivity index (χ0n) is 13.7. The second kappa shape index (κ2) is 8.04. The molecule has 2 N–H and O–H groups in total. The number of carbonyl (C=O) groups excluding carboxylic acids is 2. The summed E-state index contributed by atoms with van der Waals surface area (Å²) in [5.74, 6) is -3.61. The number of rotatable bonds is 6. The fourth-order valence-corrected chi connectivity index (χ4v) is 2.24. The molecule has 0 spiro atoms. The van der Waals surface area contributed by atoms with E-state index < -0.39 is 29.1 Å². The number of para-hydroxylation sites is 2. The molecule has 1 aromatic heterocycles. The Labute approximate surface area is 142 Å². The van der Waals surface area contributed by atoms with Gasteiger partial charge in [0.2, 0.25) is 0 Å². The average Bonchev–Trinajstić information content (AvgIpc) is 2.59. The first kappa shape index (κ1) is 18.1. The van der Waals surface area contributed by atoms with Crippen LogP contribution in [0.3, 0.4) is 0 Å². The summed E-state index contributed by atoms with van der Waals surface area (Å²) in [4.78, 5) is 43.4. The molecule has 1 heterocycles. The first-order valence-electron chi connectivity index (χ1n) is 7.58. The van der Waals surface area contributed by atoms with Gasteiger partial charge in [-0.2, -0.15) is 0 Å². The maximum absolute atomic E-state index is 12.4. The maximum Gasteiger partial charge on any atom is 0.357 e. The van der Waals surface area contributed by atoms with Gasteiger partial charge < -0.3 is 19.7 Å². The van der Waals surface area contributed by atoms with E-state index in [0.717, 1.165) is 0 Å². The van der Waals surface area contributed by atoms with Crippen molar-refractivity contribution in [3.63, 3.8) is 0 Å². The molecule has 9 heteroatoms. The molecule has 0 aliphatic heterocycles. The summed E-state index contributed by atoms with van der Waals surface area (Å²) in [6.07, 6.45) is 0. The van der Waals surface area contributed by atoms with Gasteiger partial charge in [-0.25, -0.2) is 9.78 Å². The van der Waals surface area contributed by atoms with Gasteiger partial charge in [0.25, 0.3) is 5.56 Å². The Balaban J connectivity index is 2.63. The van der Waals surface area contributed by atoms with Gasteiger partial charge in [-0.15, -0.1) is 0 Å². The number of carbonyl (C=O) groups is 2. The molecular formula is C16H17N3O6. The van der Waals surface area contributed by atoms with Crippen LogP contribution >= 0.6 is 0 Å². The standard InChI is InChI=1S/C16H17N3O6/c1-3-24-15(21)11(13(19-23)16(22)25-4-2)12-14(20)18-10-8-6-5-7-9(10)17-12/h5-8,11,23H,3-4H2,1-2H3,(H,18,20)/b19-13-. The minimum Gasteiger partial charge on any atom is -0.465 e. The van der Waals surface area contributed by atoms with Gasteiger partial charge in [0.05, 0.1) is 24.2 Å². The predicted molar refractivity (Wildman–Crippen MR) is 87.6 cm³/mol. The van der Waals surface area contributed by atoms with Crippen molar-refractivity contribution in [1.82, 2.24) is 9.97 Å². The number of nitrogens with zero attached hydrogens (tertiary/aromatic N) is 2. The molecule has 1 aromatic carbocycles. The number of hydrogen-bond acceptors (Lipinski definition) is 8. The Morgan fingerprint density at radius 1 is 1.24 bits per heavy atom. The fourth-order valence-electron chi connectivity index (χ4n) is 2.24. The summed E-state index contributed by atoms with van der Waals surface area (Å²) < 4.78 is 9.68. The molecule has 1 atom stereocenters. The van der Waals surface area contributed by atoms with Crippen molar-refractivity contribution in [3.05, 3.63) is 40.3 Å². The fraction of sp³-hybridized carbons (Fsp3) is 0.312. The van der Waals surface area contributed by atoms with Crippen LogP contribution in [0.25, 0.3) is 11.0 Å². The Morgan fingerprint density at radius 3 is 2.56 bits per heavy atom. The van der Waals surface area contributed by atoms with E-state index in [4.69, 9.17) is 9.47 Å². The zero-order valence-corrected chi connectivity index (χ0v) is 13.7. The molecule has 25 heavy (non-hydrogen) atoms. The lowest BCUT2D eigenvalue weighted by molar-refractivity contribution is -0.145. The third-order valence-electron chi connectivity index (χ3n) is 3.29. The molecule has 0 fully saturated rings. The highest BCUT2D eigenvalue weighted by Gasteiger charge is 2.37. The molecular weight excluding hydrogens is 330 g/mol. The van der Waals surface area contributed by atoms with E-state index in [1.807, 2.05) is 0 Å². The molecule has 2 rings (SSSR count). The van der Waals surface area contributed by atoms with Gasteiger partial charge >= 0.3 is 11.9 Å². The van der Waals surface area contributed by atoms with Crippen LogP contribution in [0.1, 0.15) is 25.5 Å². The molecule has 0 aliphatic carbocycles. The van der Waals surface area contributed by atoms with Crippen LogP contribution in [0.15, 0.2) is 34.2 Å². The molecule has 2 aromatic rings. The number of aromatic nitrogens is 2. The molecule has 132 valence electrons. The number of esters is 2. The summed E-state index contributed by atoms with van der Waals surface area (Å²) in [7, 11) is 0.